The van der Waals surface area contributed by atoms with Gasteiger partial charge in [0.15, 0.2) is 0 Å². The SMILES string of the molecule is O=S(=O)(Nc1cc(Br)c(F)cc1F)c1ccc(Br)cc1Cl. The first-order valence-electron chi connectivity index (χ1n) is 5.33. The Morgan fingerprint density at radius 2 is 1.71 bits per heavy atom. The van der Waals surface area contributed by atoms with Crippen molar-refractivity contribution in [2.45, 2.75) is 4.90 Å². The fourth-order valence-electron chi connectivity index (χ4n) is 1.49. The summed E-state index contributed by atoms with van der Waals surface area (Å²) in [4.78, 5) is -0.216. The van der Waals surface area contributed by atoms with Gasteiger partial charge in [-0.1, -0.05) is 27.5 Å². The van der Waals surface area contributed by atoms with Crippen LogP contribution in [-0.2, 0) is 10.0 Å². The van der Waals surface area contributed by atoms with Crippen LogP contribution in [0.15, 0.2) is 44.2 Å². The lowest BCUT2D eigenvalue weighted by molar-refractivity contribution is 0.579. The van der Waals surface area contributed by atoms with Gasteiger partial charge in [0.1, 0.15) is 16.5 Å². The van der Waals surface area contributed by atoms with E-state index in [0.717, 1.165) is 6.07 Å². The average Bonchev–Trinajstić information content (AvgIpc) is 2.35. The molecular formula is C12H6Br2ClF2NO2S. The van der Waals surface area contributed by atoms with Gasteiger partial charge in [0, 0.05) is 10.5 Å². The van der Waals surface area contributed by atoms with E-state index in [1.54, 1.807) is 0 Å². The Bertz CT molecular complexity index is 815. The molecule has 2 aromatic rings. The van der Waals surface area contributed by atoms with Gasteiger partial charge in [-0.3, -0.25) is 4.72 Å². The van der Waals surface area contributed by atoms with Gasteiger partial charge in [0.2, 0.25) is 0 Å². The van der Waals surface area contributed by atoms with Gasteiger partial charge in [-0.05, 0) is 40.2 Å². The van der Waals surface area contributed by atoms with Gasteiger partial charge in [-0.15, -0.1) is 0 Å². The van der Waals surface area contributed by atoms with Crippen molar-refractivity contribution in [1.29, 1.82) is 0 Å². The molecule has 0 amide bonds. The number of sulfonamides is 1. The number of hydrogen-bond acceptors (Lipinski definition) is 2. The largest absolute Gasteiger partial charge is 0.277 e. The Hall–Kier alpha value is -0.700. The predicted molar refractivity (Wildman–Crippen MR) is 84.0 cm³/mol. The minimum absolute atomic E-state index is 0.0292. The zero-order valence-corrected chi connectivity index (χ0v) is 14.7. The normalized spacial score (nSPS) is 11.5. The van der Waals surface area contributed by atoms with E-state index >= 15 is 0 Å². The highest BCUT2D eigenvalue weighted by atomic mass is 79.9. The van der Waals surface area contributed by atoms with Crippen LogP contribution in [0.5, 0.6) is 0 Å². The number of benzene rings is 2. The molecule has 0 saturated heterocycles. The lowest BCUT2D eigenvalue weighted by Gasteiger charge is -2.11. The summed E-state index contributed by atoms with van der Waals surface area (Å²) in [5, 5.41) is -0.0292. The third-order valence-electron chi connectivity index (χ3n) is 2.44. The van der Waals surface area contributed by atoms with Gasteiger partial charge in [0.05, 0.1) is 15.2 Å². The maximum absolute atomic E-state index is 13.6. The highest BCUT2D eigenvalue weighted by molar-refractivity contribution is 9.10. The van der Waals surface area contributed by atoms with Crippen molar-refractivity contribution in [2.24, 2.45) is 0 Å². The van der Waals surface area contributed by atoms with Crippen molar-refractivity contribution >= 4 is 59.2 Å². The first-order chi connectivity index (χ1) is 9.70. The number of halogens is 5. The highest BCUT2D eigenvalue weighted by Gasteiger charge is 2.20. The maximum Gasteiger partial charge on any atom is 0.263 e. The van der Waals surface area contributed by atoms with Crippen molar-refractivity contribution in [3.8, 4) is 0 Å². The zero-order valence-electron chi connectivity index (χ0n) is 10.0. The van der Waals surface area contributed by atoms with Crippen LogP contribution in [0.2, 0.25) is 5.02 Å². The van der Waals surface area contributed by atoms with Crippen molar-refractivity contribution in [3.63, 3.8) is 0 Å². The van der Waals surface area contributed by atoms with E-state index in [-0.39, 0.29) is 20.1 Å². The van der Waals surface area contributed by atoms with E-state index in [2.05, 4.69) is 31.9 Å². The summed E-state index contributed by atoms with van der Waals surface area (Å²) >= 11 is 11.9. The van der Waals surface area contributed by atoms with Crippen LogP contribution in [-0.4, -0.2) is 8.42 Å². The summed E-state index contributed by atoms with van der Waals surface area (Å²) in [6.45, 7) is 0. The summed E-state index contributed by atoms with van der Waals surface area (Å²) in [6.07, 6.45) is 0. The molecule has 0 aliphatic heterocycles. The van der Waals surface area contributed by atoms with Crippen molar-refractivity contribution in [2.75, 3.05) is 4.72 Å². The number of rotatable bonds is 3. The topological polar surface area (TPSA) is 46.2 Å². The molecule has 3 nitrogen and oxygen atoms in total. The van der Waals surface area contributed by atoms with Crippen LogP contribution in [0.3, 0.4) is 0 Å². The number of hydrogen-bond donors (Lipinski definition) is 1. The summed E-state index contributed by atoms with van der Waals surface area (Å²) in [6, 6.07) is 5.72. The average molecular weight is 462 g/mol. The Labute approximate surface area is 141 Å². The second kappa shape index (κ2) is 6.20. The lowest BCUT2D eigenvalue weighted by atomic mass is 10.3. The van der Waals surface area contributed by atoms with E-state index in [1.807, 2.05) is 4.72 Å². The van der Waals surface area contributed by atoms with Crippen molar-refractivity contribution in [3.05, 3.63) is 55.9 Å². The molecule has 0 saturated carbocycles. The Kier molecular flexibility index (Phi) is 4.92. The Balaban J connectivity index is 2.45. The third kappa shape index (κ3) is 3.74. The highest BCUT2D eigenvalue weighted by Crippen LogP contribution is 2.29. The maximum atomic E-state index is 13.6. The van der Waals surface area contributed by atoms with Crippen LogP contribution in [0.25, 0.3) is 0 Å². The van der Waals surface area contributed by atoms with Gasteiger partial charge in [0.25, 0.3) is 10.0 Å². The van der Waals surface area contributed by atoms with Gasteiger partial charge in [-0.25, -0.2) is 17.2 Å². The summed E-state index contributed by atoms with van der Waals surface area (Å²) in [7, 11) is -4.10. The van der Waals surface area contributed by atoms with Gasteiger partial charge in [-0.2, -0.15) is 0 Å². The molecule has 0 aromatic heterocycles. The summed E-state index contributed by atoms with van der Waals surface area (Å²) < 4.78 is 53.7. The molecule has 2 aromatic carbocycles. The number of nitrogens with one attached hydrogen (secondary N) is 1. The second-order valence-electron chi connectivity index (χ2n) is 3.93. The molecule has 9 heteroatoms. The predicted octanol–water partition coefficient (Wildman–Crippen LogP) is 4.94. The molecule has 21 heavy (non-hydrogen) atoms. The van der Waals surface area contributed by atoms with Crippen LogP contribution < -0.4 is 4.72 Å². The second-order valence-corrected chi connectivity index (χ2v) is 7.75. The fourth-order valence-corrected chi connectivity index (χ4v) is 3.93. The standard InChI is InChI=1S/C12H6Br2ClF2NO2S/c13-6-1-2-12(8(15)3-6)21(19,20)18-11-4-7(14)9(16)5-10(11)17/h1-5,18H. The van der Waals surface area contributed by atoms with E-state index in [0.29, 0.717) is 10.5 Å². The molecule has 0 radical (unpaired) electrons. The van der Waals surface area contributed by atoms with Crippen LogP contribution in [0, 0.1) is 11.6 Å². The summed E-state index contributed by atoms with van der Waals surface area (Å²) in [5.74, 6) is -1.87. The fraction of sp³-hybridized carbons (Fsp3) is 0. The van der Waals surface area contributed by atoms with E-state index < -0.39 is 21.7 Å². The van der Waals surface area contributed by atoms with E-state index in [4.69, 9.17) is 11.6 Å². The van der Waals surface area contributed by atoms with Crippen LogP contribution in [0.1, 0.15) is 0 Å². The van der Waals surface area contributed by atoms with E-state index in [9.17, 15) is 17.2 Å². The first kappa shape index (κ1) is 16.7. The zero-order chi connectivity index (χ0) is 15.8. The first-order valence-corrected chi connectivity index (χ1v) is 8.78. The molecule has 0 unspecified atom stereocenters. The monoisotopic (exact) mass is 459 g/mol. The molecule has 1 N–H and O–H groups in total. The van der Waals surface area contributed by atoms with Crippen molar-refractivity contribution < 1.29 is 17.2 Å². The third-order valence-corrected chi connectivity index (χ3v) is 5.39. The Morgan fingerprint density at radius 1 is 1.05 bits per heavy atom. The molecule has 0 bridgehead atoms. The molecule has 0 spiro atoms. The quantitative estimate of drug-likeness (QED) is 0.658. The number of anilines is 1. The molecule has 0 atom stereocenters. The molecule has 0 aliphatic rings. The minimum Gasteiger partial charge on any atom is -0.277 e. The van der Waals surface area contributed by atoms with Gasteiger partial charge >= 0.3 is 0 Å². The smallest absolute Gasteiger partial charge is 0.263 e. The summed E-state index contributed by atoms with van der Waals surface area (Å²) in [5.41, 5.74) is -0.387. The van der Waals surface area contributed by atoms with Gasteiger partial charge < -0.3 is 0 Å². The van der Waals surface area contributed by atoms with Crippen LogP contribution >= 0.6 is 43.5 Å². The Morgan fingerprint density at radius 3 is 2.33 bits per heavy atom. The molecular weight excluding hydrogens is 455 g/mol. The molecule has 0 fully saturated rings. The molecule has 0 heterocycles. The molecule has 112 valence electrons. The minimum atomic E-state index is -4.10. The van der Waals surface area contributed by atoms with E-state index in [1.165, 1.54) is 18.2 Å². The molecule has 2 rings (SSSR count). The van der Waals surface area contributed by atoms with Crippen molar-refractivity contribution in [1.82, 2.24) is 0 Å². The lowest BCUT2D eigenvalue weighted by Crippen LogP contribution is -2.14. The van der Waals surface area contributed by atoms with Crippen LogP contribution in [0.4, 0.5) is 14.5 Å². The molecule has 0 aliphatic carbocycles.